The second-order valence-electron chi connectivity index (χ2n) is 5.75. The van der Waals surface area contributed by atoms with Gasteiger partial charge in [0.05, 0.1) is 10.2 Å². The van der Waals surface area contributed by atoms with Gasteiger partial charge >= 0.3 is 0 Å². The van der Waals surface area contributed by atoms with E-state index in [0.29, 0.717) is 0 Å². The minimum absolute atomic E-state index is 0.0497. The molecule has 134 valence electrons. The minimum Gasteiger partial charge on any atom is -0.291 e. The standard InChI is InChI=1S/C21H16N2OS3/c24-20(23-13-5-6-14-23)12-11-16-7-1-2-8-17(16)15-25-27-21-22-18-9-3-4-10-19(18)26-21/h1-14H,15H2/b12-11+. The molecule has 0 fully saturated rings. The molecule has 2 aromatic carbocycles. The summed E-state index contributed by atoms with van der Waals surface area (Å²) in [6.07, 6.45) is 7.01. The van der Waals surface area contributed by atoms with Gasteiger partial charge in [-0.2, -0.15) is 0 Å². The molecular weight excluding hydrogens is 392 g/mol. The van der Waals surface area contributed by atoms with Crippen molar-refractivity contribution in [3.05, 3.63) is 90.3 Å². The van der Waals surface area contributed by atoms with Crippen molar-refractivity contribution >= 4 is 55.1 Å². The molecular formula is C21H16N2OS3. The van der Waals surface area contributed by atoms with Crippen LogP contribution in [0.3, 0.4) is 0 Å². The Hall–Kier alpha value is -2.28. The van der Waals surface area contributed by atoms with Crippen molar-refractivity contribution in [1.82, 2.24) is 9.55 Å². The van der Waals surface area contributed by atoms with Crippen LogP contribution in [0.5, 0.6) is 0 Å². The van der Waals surface area contributed by atoms with Gasteiger partial charge in [0.2, 0.25) is 0 Å². The predicted molar refractivity (Wildman–Crippen MR) is 117 cm³/mol. The third kappa shape index (κ3) is 4.53. The molecule has 0 atom stereocenters. The highest BCUT2D eigenvalue weighted by atomic mass is 33.1. The Bertz CT molecular complexity index is 1050. The third-order valence-corrected chi connectivity index (χ3v) is 7.55. The first kappa shape index (κ1) is 18.1. The van der Waals surface area contributed by atoms with Crippen LogP contribution in [0.15, 0.2) is 83.5 Å². The first-order valence-electron chi connectivity index (χ1n) is 8.38. The molecule has 0 radical (unpaired) electrons. The van der Waals surface area contributed by atoms with Gasteiger partial charge in [-0.15, -0.1) is 11.3 Å². The SMILES string of the molecule is O=C(/C=C/c1ccccc1CSSc1nc2ccccc2s1)n1cccc1. The number of carbonyl (C=O) groups excluding carboxylic acids is 1. The van der Waals surface area contributed by atoms with Gasteiger partial charge in [-0.05, 0) is 52.3 Å². The Labute approximate surface area is 169 Å². The summed E-state index contributed by atoms with van der Waals surface area (Å²) in [5.41, 5.74) is 3.32. The highest BCUT2D eigenvalue weighted by Gasteiger charge is 2.06. The summed E-state index contributed by atoms with van der Waals surface area (Å²) in [5, 5.41) is 0. The van der Waals surface area contributed by atoms with Gasteiger partial charge in [0.15, 0.2) is 4.34 Å². The molecule has 0 aliphatic heterocycles. The number of para-hydroxylation sites is 1. The monoisotopic (exact) mass is 408 g/mol. The molecule has 4 aromatic rings. The van der Waals surface area contributed by atoms with E-state index in [-0.39, 0.29) is 5.91 Å². The van der Waals surface area contributed by atoms with Gasteiger partial charge in [-0.25, -0.2) is 4.98 Å². The molecule has 0 spiro atoms. The van der Waals surface area contributed by atoms with Crippen molar-refractivity contribution in [2.75, 3.05) is 0 Å². The van der Waals surface area contributed by atoms with E-state index in [9.17, 15) is 4.79 Å². The lowest BCUT2D eigenvalue weighted by atomic mass is 10.1. The number of thiazole rings is 1. The van der Waals surface area contributed by atoms with Crippen LogP contribution in [0.4, 0.5) is 0 Å². The molecule has 0 amide bonds. The number of benzene rings is 2. The first-order chi connectivity index (χ1) is 13.3. The van der Waals surface area contributed by atoms with Gasteiger partial charge in [0.25, 0.3) is 5.91 Å². The Kier molecular flexibility index (Phi) is 5.77. The summed E-state index contributed by atoms with van der Waals surface area (Å²) >= 11 is 1.72. The highest BCUT2D eigenvalue weighted by Crippen LogP contribution is 2.38. The summed E-state index contributed by atoms with van der Waals surface area (Å²) in [5.74, 6) is 0.796. The maximum atomic E-state index is 12.1. The molecule has 2 aromatic heterocycles. The van der Waals surface area contributed by atoms with E-state index in [4.69, 9.17) is 0 Å². The summed E-state index contributed by atoms with van der Waals surface area (Å²) in [7, 11) is 3.46. The van der Waals surface area contributed by atoms with Crippen LogP contribution in [-0.4, -0.2) is 15.5 Å². The Morgan fingerprint density at radius 3 is 2.67 bits per heavy atom. The molecule has 27 heavy (non-hydrogen) atoms. The van der Waals surface area contributed by atoms with Crippen LogP contribution < -0.4 is 0 Å². The van der Waals surface area contributed by atoms with Gasteiger partial charge in [0.1, 0.15) is 0 Å². The number of hydrogen-bond donors (Lipinski definition) is 0. The van der Waals surface area contributed by atoms with Crippen molar-refractivity contribution in [3.63, 3.8) is 0 Å². The average Bonchev–Trinajstić information content (AvgIpc) is 3.36. The van der Waals surface area contributed by atoms with Crippen LogP contribution in [-0.2, 0) is 5.75 Å². The lowest BCUT2D eigenvalue weighted by Crippen LogP contribution is -2.03. The number of allylic oxidation sites excluding steroid dienone is 1. The van der Waals surface area contributed by atoms with Crippen molar-refractivity contribution in [1.29, 1.82) is 0 Å². The van der Waals surface area contributed by atoms with Crippen LogP contribution in [0.25, 0.3) is 16.3 Å². The van der Waals surface area contributed by atoms with E-state index in [1.807, 2.05) is 54.6 Å². The largest absolute Gasteiger partial charge is 0.291 e. The zero-order chi connectivity index (χ0) is 18.5. The number of carbonyl (C=O) groups is 1. The van der Waals surface area contributed by atoms with Crippen LogP contribution in [0.1, 0.15) is 15.9 Å². The van der Waals surface area contributed by atoms with Crippen molar-refractivity contribution in [2.24, 2.45) is 0 Å². The van der Waals surface area contributed by atoms with Gasteiger partial charge in [-0.1, -0.05) is 47.2 Å². The van der Waals surface area contributed by atoms with Gasteiger partial charge in [0, 0.05) is 24.2 Å². The molecule has 0 aliphatic carbocycles. The second kappa shape index (κ2) is 8.61. The Balaban J connectivity index is 1.41. The van der Waals surface area contributed by atoms with E-state index in [0.717, 1.165) is 21.2 Å². The molecule has 0 aliphatic rings. The zero-order valence-electron chi connectivity index (χ0n) is 14.3. The summed E-state index contributed by atoms with van der Waals surface area (Å²) < 4.78 is 3.85. The topological polar surface area (TPSA) is 34.9 Å². The smallest absolute Gasteiger partial charge is 0.254 e. The maximum absolute atomic E-state index is 12.1. The summed E-state index contributed by atoms with van der Waals surface area (Å²) in [4.78, 5) is 16.8. The van der Waals surface area contributed by atoms with E-state index in [2.05, 4.69) is 17.1 Å². The molecule has 0 bridgehead atoms. The quantitative estimate of drug-likeness (QED) is 0.273. The molecule has 0 N–H and O–H groups in total. The lowest BCUT2D eigenvalue weighted by Gasteiger charge is -2.04. The highest BCUT2D eigenvalue weighted by molar-refractivity contribution is 8.76. The molecule has 0 saturated heterocycles. The molecule has 3 nitrogen and oxygen atoms in total. The fraction of sp³-hybridized carbons (Fsp3) is 0.0476. The normalized spacial score (nSPS) is 11.4. The van der Waals surface area contributed by atoms with Crippen LogP contribution in [0, 0.1) is 0 Å². The number of rotatable bonds is 6. The summed E-state index contributed by atoms with van der Waals surface area (Å²) in [6.45, 7) is 0. The second-order valence-corrected chi connectivity index (χ2v) is 9.33. The molecule has 4 rings (SSSR count). The molecule has 0 unspecified atom stereocenters. The fourth-order valence-electron chi connectivity index (χ4n) is 2.59. The first-order valence-corrected chi connectivity index (χ1v) is 11.5. The number of nitrogens with zero attached hydrogens (tertiary/aromatic N) is 2. The van der Waals surface area contributed by atoms with Gasteiger partial charge < -0.3 is 0 Å². The Morgan fingerprint density at radius 2 is 1.81 bits per heavy atom. The Morgan fingerprint density at radius 1 is 1.04 bits per heavy atom. The van der Waals surface area contributed by atoms with Crippen molar-refractivity contribution < 1.29 is 4.79 Å². The lowest BCUT2D eigenvalue weighted by molar-refractivity contribution is 0.0970. The van der Waals surface area contributed by atoms with Crippen LogP contribution in [0.2, 0.25) is 0 Å². The zero-order valence-corrected chi connectivity index (χ0v) is 16.8. The number of fused-ring (bicyclic) bond motifs is 1. The van der Waals surface area contributed by atoms with E-state index in [1.54, 1.807) is 56.0 Å². The van der Waals surface area contributed by atoms with E-state index in [1.165, 1.54) is 10.3 Å². The molecule has 6 heteroatoms. The maximum Gasteiger partial charge on any atom is 0.254 e. The van der Waals surface area contributed by atoms with E-state index < -0.39 is 0 Å². The molecule has 2 heterocycles. The number of aromatic nitrogens is 2. The number of hydrogen-bond acceptors (Lipinski definition) is 5. The van der Waals surface area contributed by atoms with Crippen LogP contribution >= 0.6 is 32.9 Å². The van der Waals surface area contributed by atoms with Gasteiger partial charge in [-0.3, -0.25) is 9.36 Å². The summed E-state index contributed by atoms with van der Waals surface area (Å²) in [6, 6.07) is 20.1. The minimum atomic E-state index is -0.0497. The average molecular weight is 409 g/mol. The predicted octanol–water partition coefficient (Wildman–Crippen LogP) is 6.39. The van der Waals surface area contributed by atoms with E-state index >= 15 is 0 Å². The fourth-order valence-corrected chi connectivity index (χ4v) is 6.09. The third-order valence-electron chi connectivity index (χ3n) is 3.94. The van der Waals surface area contributed by atoms with Crippen molar-refractivity contribution in [2.45, 2.75) is 10.1 Å². The molecule has 0 saturated carbocycles. The van der Waals surface area contributed by atoms with Crippen molar-refractivity contribution in [3.8, 4) is 0 Å².